The first-order valence-corrected chi connectivity index (χ1v) is 12.4. The molecule has 2 heterocycles. The van der Waals surface area contributed by atoms with E-state index in [1.165, 1.54) is 0 Å². The molecule has 1 fully saturated rings. The van der Waals surface area contributed by atoms with Crippen molar-refractivity contribution < 1.29 is 4.79 Å². The molecule has 0 saturated carbocycles. The number of unbranched alkanes of at least 4 members (excludes halogenated alkanes) is 2. The Hall–Kier alpha value is -2.24. The molecule has 1 unspecified atom stereocenters. The Balaban J connectivity index is 1.40. The van der Waals surface area contributed by atoms with Gasteiger partial charge >= 0.3 is 0 Å². The maximum absolute atomic E-state index is 12.6. The molecule has 0 N–H and O–H groups in total. The highest BCUT2D eigenvalue weighted by molar-refractivity contribution is 8.00. The molecule has 1 saturated heterocycles. The number of aromatic nitrogens is 2. The lowest BCUT2D eigenvalue weighted by atomic mass is 10.1. The monoisotopic (exact) mass is 453 g/mol. The van der Waals surface area contributed by atoms with Gasteiger partial charge in [0.25, 0.3) is 0 Å². The number of rotatable bonds is 8. The second kappa shape index (κ2) is 10.4. The molecular formula is C25H28ClN3OS. The van der Waals surface area contributed by atoms with Crippen LogP contribution in [0.15, 0.2) is 60.9 Å². The zero-order chi connectivity index (χ0) is 21.6. The van der Waals surface area contributed by atoms with Crippen molar-refractivity contribution in [2.75, 3.05) is 12.3 Å². The number of hydrogen-bond donors (Lipinski definition) is 0. The van der Waals surface area contributed by atoms with Gasteiger partial charge in [0.15, 0.2) is 0 Å². The molecule has 3 aromatic rings. The molecule has 4 nitrogen and oxygen atoms in total. The normalized spacial score (nSPS) is 16.1. The Morgan fingerprint density at radius 3 is 2.77 bits per heavy atom. The quantitative estimate of drug-likeness (QED) is 0.380. The highest BCUT2D eigenvalue weighted by Gasteiger charge is 2.29. The SMILES string of the molecule is CCCCCC(=O)N1CCSC1Cc1cnn(-c2ccc(-c3cccc(Cl)c3)cc2)c1. The molecule has 0 bridgehead atoms. The highest BCUT2D eigenvalue weighted by Crippen LogP contribution is 2.28. The van der Waals surface area contributed by atoms with Crippen LogP contribution >= 0.6 is 23.4 Å². The lowest BCUT2D eigenvalue weighted by Crippen LogP contribution is -2.35. The summed E-state index contributed by atoms with van der Waals surface area (Å²) in [6.45, 7) is 3.03. The minimum Gasteiger partial charge on any atom is -0.330 e. The molecule has 31 heavy (non-hydrogen) atoms. The van der Waals surface area contributed by atoms with E-state index in [4.69, 9.17) is 11.6 Å². The van der Waals surface area contributed by atoms with Crippen molar-refractivity contribution >= 4 is 29.3 Å². The van der Waals surface area contributed by atoms with Gasteiger partial charge in [-0.25, -0.2) is 4.68 Å². The van der Waals surface area contributed by atoms with Gasteiger partial charge in [-0.05, 0) is 47.4 Å². The van der Waals surface area contributed by atoms with Crippen molar-refractivity contribution in [2.24, 2.45) is 0 Å². The summed E-state index contributed by atoms with van der Waals surface area (Å²) in [7, 11) is 0. The first-order chi connectivity index (χ1) is 15.1. The van der Waals surface area contributed by atoms with Crippen LogP contribution in [0.3, 0.4) is 0 Å². The van der Waals surface area contributed by atoms with Crippen molar-refractivity contribution in [3.05, 3.63) is 71.5 Å². The molecule has 162 valence electrons. The van der Waals surface area contributed by atoms with Gasteiger partial charge in [0.2, 0.25) is 5.91 Å². The summed E-state index contributed by atoms with van der Waals surface area (Å²) in [5.41, 5.74) is 4.40. The third-order valence-corrected chi connectivity index (χ3v) is 7.10. The van der Waals surface area contributed by atoms with Crippen LogP contribution in [0.5, 0.6) is 0 Å². The molecule has 2 aromatic carbocycles. The van der Waals surface area contributed by atoms with Gasteiger partial charge in [0.05, 0.1) is 17.3 Å². The van der Waals surface area contributed by atoms with E-state index in [2.05, 4.69) is 53.5 Å². The van der Waals surface area contributed by atoms with Crippen LogP contribution in [-0.4, -0.2) is 38.3 Å². The molecule has 1 aromatic heterocycles. The Morgan fingerprint density at radius 2 is 2.00 bits per heavy atom. The fourth-order valence-electron chi connectivity index (χ4n) is 3.93. The van der Waals surface area contributed by atoms with E-state index in [9.17, 15) is 4.79 Å². The van der Waals surface area contributed by atoms with Gasteiger partial charge in [-0.15, -0.1) is 11.8 Å². The third kappa shape index (κ3) is 5.52. The zero-order valence-electron chi connectivity index (χ0n) is 17.8. The largest absolute Gasteiger partial charge is 0.330 e. The average molecular weight is 454 g/mol. The maximum atomic E-state index is 12.6. The van der Waals surface area contributed by atoms with E-state index in [1.807, 2.05) is 40.8 Å². The highest BCUT2D eigenvalue weighted by atomic mass is 35.5. The van der Waals surface area contributed by atoms with Crippen molar-refractivity contribution in [3.63, 3.8) is 0 Å². The number of carbonyl (C=O) groups excluding carboxylic acids is 1. The van der Waals surface area contributed by atoms with Gasteiger partial charge in [-0.2, -0.15) is 5.10 Å². The molecule has 0 spiro atoms. The molecule has 0 radical (unpaired) electrons. The standard InChI is InChI=1S/C25H28ClN3OS/c1-2-3-4-8-24(30)28-13-14-31-25(28)15-19-17-27-29(18-19)23-11-9-20(10-12-23)21-6-5-7-22(26)16-21/h5-7,9-12,16-18,25H,2-4,8,13-15H2,1H3. The van der Waals surface area contributed by atoms with Crippen LogP contribution in [-0.2, 0) is 11.2 Å². The fourth-order valence-corrected chi connectivity index (χ4v) is 5.41. The van der Waals surface area contributed by atoms with Gasteiger partial charge < -0.3 is 4.90 Å². The molecule has 0 aliphatic carbocycles. The summed E-state index contributed by atoms with van der Waals surface area (Å²) < 4.78 is 1.91. The number of hydrogen-bond acceptors (Lipinski definition) is 3. The fraction of sp³-hybridized carbons (Fsp3) is 0.360. The number of nitrogens with zero attached hydrogens (tertiary/aromatic N) is 3. The summed E-state index contributed by atoms with van der Waals surface area (Å²) in [6.07, 6.45) is 8.77. The smallest absolute Gasteiger partial charge is 0.223 e. The van der Waals surface area contributed by atoms with Crippen LogP contribution in [0.4, 0.5) is 0 Å². The third-order valence-electron chi connectivity index (χ3n) is 5.64. The molecular weight excluding hydrogens is 426 g/mol. The van der Waals surface area contributed by atoms with Crippen molar-refractivity contribution in [1.82, 2.24) is 14.7 Å². The van der Waals surface area contributed by atoms with Crippen molar-refractivity contribution in [1.29, 1.82) is 0 Å². The Morgan fingerprint density at radius 1 is 1.16 bits per heavy atom. The minimum absolute atomic E-state index is 0.219. The van der Waals surface area contributed by atoms with Crippen LogP contribution in [0.2, 0.25) is 5.02 Å². The molecule has 6 heteroatoms. The van der Waals surface area contributed by atoms with E-state index in [-0.39, 0.29) is 5.37 Å². The average Bonchev–Trinajstić information content (AvgIpc) is 3.44. The lowest BCUT2D eigenvalue weighted by molar-refractivity contribution is -0.131. The maximum Gasteiger partial charge on any atom is 0.223 e. The van der Waals surface area contributed by atoms with E-state index in [0.717, 1.165) is 65.4 Å². The molecule has 4 rings (SSSR count). The first-order valence-electron chi connectivity index (χ1n) is 10.9. The van der Waals surface area contributed by atoms with E-state index in [1.54, 1.807) is 0 Å². The molecule has 1 atom stereocenters. The van der Waals surface area contributed by atoms with Gasteiger partial charge in [-0.1, -0.05) is 55.6 Å². The van der Waals surface area contributed by atoms with Crippen LogP contribution in [0.25, 0.3) is 16.8 Å². The molecule has 1 aliphatic rings. The van der Waals surface area contributed by atoms with Crippen molar-refractivity contribution in [2.45, 2.75) is 44.4 Å². The summed E-state index contributed by atoms with van der Waals surface area (Å²) in [5.74, 6) is 1.32. The first kappa shape index (κ1) is 22.0. The summed E-state index contributed by atoms with van der Waals surface area (Å²) in [4.78, 5) is 14.7. The number of amides is 1. The van der Waals surface area contributed by atoms with Gasteiger partial charge in [-0.3, -0.25) is 4.79 Å². The number of halogens is 1. The zero-order valence-corrected chi connectivity index (χ0v) is 19.4. The number of benzene rings is 2. The Kier molecular flexibility index (Phi) is 7.36. The van der Waals surface area contributed by atoms with E-state index < -0.39 is 0 Å². The predicted molar refractivity (Wildman–Crippen MR) is 130 cm³/mol. The summed E-state index contributed by atoms with van der Waals surface area (Å²) in [6, 6.07) is 16.2. The van der Waals surface area contributed by atoms with Crippen LogP contribution < -0.4 is 0 Å². The van der Waals surface area contributed by atoms with Gasteiger partial charge in [0, 0.05) is 36.4 Å². The lowest BCUT2D eigenvalue weighted by Gasteiger charge is -2.23. The molecule has 1 amide bonds. The van der Waals surface area contributed by atoms with E-state index >= 15 is 0 Å². The minimum atomic E-state index is 0.219. The topological polar surface area (TPSA) is 38.1 Å². The Labute approximate surface area is 193 Å². The molecule has 1 aliphatic heterocycles. The number of carbonyl (C=O) groups is 1. The number of thioether (sulfide) groups is 1. The second-order valence-electron chi connectivity index (χ2n) is 7.92. The van der Waals surface area contributed by atoms with E-state index in [0.29, 0.717) is 12.3 Å². The predicted octanol–water partition coefficient (Wildman–Crippen LogP) is 6.22. The Bertz CT molecular complexity index is 1020. The summed E-state index contributed by atoms with van der Waals surface area (Å²) >= 11 is 7.99. The van der Waals surface area contributed by atoms with Crippen LogP contribution in [0.1, 0.15) is 38.2 Å². The summed E-state index contributed by atoms with van der Waals surface area (Å²) in [5, 5.41) is 5.51. The van der Waals surface area contributed by atoms with Crippen LogP contribution in [0, 0.1) is 0 Å². The van der Waals surface area contributed by atoms with Gasteiger partial charge in [0.1, 0.15) is 0 Å². The van der Waals surface area contributed by atoms with Crippen molar-refractivity contribution in [3.8, 4) is 16.8 Å². The second-order valence-corrected chi connectivity index (χ2v) is 9.65.